The molecule has 0 saturated carbocycles. The van der Waals surface area contributed by atoms with E-state index in [1.807, 2.05) is 30.3 Å². The third kappa shape index (κ3) is 4.12. The lowest BCUT2D eigenvalue weighted by atomic mass is 10.1. The van der Waals surface area contributed by atoms with E-state index >= 15 is 0 Å². The van der Waals surface area contributed by atoms with Crippen molar-refractivity contribution in [3.05, 3.63) is 60.4 Å². The van der Waals surface area contributed by atoms with Gasteiger partial charge in [0.1, 0.15) is 5.82 Å². The highest BCUT2D eigenvalue weighted by atomic mass is 19.1. The number of benzene rings is 2. The third-order valence-corrected chi connectivity index (χ3v) is 5.52. The summed E-state index contributed by atoms with van der Waals surface area (Å²) >= 11 is 0. The Balaban J connectivity index is 1.32. The fourth-order valence-electron chi connectivity index (χ4n) is 3.89. The molecule has 4 amide bonds. The summed E-state index contributed by atoms with van der Waals surface area (Å²) in [5, 5.41) is 2.84. The predicted molar refractivity (Wildman–Crippen MR) is 110 cm³/mol. The molecule has 7 nitrogen and oxygen atoms in total. The van der Waals surface area contributed by atoms with Gasteiger partial charge in [-0.3, -0.25) is 9.59 Å². The number of piperazine rings is 1. The van der Waals surface area contributed by atoms with Gasteiger partial charge in [-0.2, -0.15) is 0 Å². The van der Waals surface area contributed by atoms with Crippen molar-refractivity contribution < 1.29 is 18.8 Å². The maximum Gasteiger partial charge on any atom is 0.321 e. The largest absolute Gasteiger partial charge is 0.339 e. The van der Waals surface area contributed by atoms with Crippen molar-refractivity contribution in [3.63, 3.8) is 0 Å². The minimum Gasteiger partial charge on any atom is -0.339 e. The van der Waals surface area contributed by atoms with Gasteiger partial charge in [-0.15, -0.1) is 0 Å². The van der Waals surface area contributed by atoms with Gasteiger partial charge in [0.05, 0.1) is 11.6 Å². The monoisotopic (exact) mass is 410 g/mol. The molecule has 30 heavy (non-hydrogen) atoms. The molecule has 0 unspecified atom stereocenters. The number of urea groups is 1. The highest BCUT2D eigenvalue weighted by molar-refractivity contribution is 6.00. The Hall–Kier alpha value is -3.42. The summed E-state index contributed by atoms with van der Waals surface area (Å²) in [6.07, 6.45) is 0.0713. The molecule has 0 bridgehead atoms. The average Bonchev–Trinajstić information content (AvgIpc) is 3.15. The second kappa shape index (κ2) is 8.52. The SMILES string of the molecule is O=C(Nc1ccccc1)N1CCN(C(=O)[C@@H]2CC(=O)N(c3ccccc3F)C2)CC1. The smallest absolute Gasteiger partial charge is 0.321 e. The molecular formula is C22H23FN4O3. The van der Waals surface area contributed by atoms with Gasteiger partial charge in [-0.1, -0.05) is 30.3 Å². The normalized spacial score (nSPS) is 19.2. The Kier molecular flexibility index (Phi) is 5.65. The summed E-state index contributed by atoms with van der Waals surface area (Å²) in [5.41, 5.74) is 0.930. The molecule has 4 rings (SSSR count). The van der Waals surface area contributed by atoms with Crippen molar-refractivity contribution in [2.24, 2.45) is 5.92 Å². The van der Waals surface area contributed by atoms with E-state index in [1.54, 1.807) is 28.0 Å². The van der Waals surface area contributed by atoms with Gasteiger partial charge in [-0.25, -0.2) is 9.18 Å². The molecule has 156 valence electrons. The first-order valence-electron chi connectivity index (χ1n) is 9.97. The van der Waals surface area contributed by atoms with Gasteiger partial charge in [0.25, 0.3) is 0 Å². The number of nitrogens with zero attached hydrogens (tertiary/aromatic N) is 3. The average molecular weight is 410 g/mol. The second-order valence-electron chi connectivity index (χ2n) is 7.47. The number of para-hydroxylation sites is 2. The Labute approximate surface area is 174 Å². The molecule has 2 aromatic carbocycles. The molecule has 2 aliphatic heterocycles. The zero-order chi connectivity index (χ0) is 21.1. The minimum absolute atomic E-state index is 0.0713. The highest BCUT2D eigenvalue weighted by Gasteiger charge is 2.38. The maximum atomic E-state index is 14.0. The van der Waals surface area contributed by atoms with E-state index in [-0.39, 0.29) is 36.5 Å². The number of anilines is 2. The summed E-state index contributed by atoms with van der Waals surface area (Å²) < 4.78 is 14.0. The minimum atomic E-state index is -0.498. The number of halogens is 1. The summed E-state index contributed by atoms with van der Waals surface area (Å²) in [7, 11) is 0. The van der Waals surface area contributed by atoms with Crippen molar-refractivity contribution in [2.45, 2.75) is 6.42 Å². The van der Waals surface area contributed by atoms with Gasteiger partial charge in [0, 0.05) is 44.8 Å². The van der Waals surface area contributed by atoms with Crippen molar-refractivity contribution in [3.8, 4) is 0 Å². The van der Waals surface area contributed by atoms with Crippen LogP contribution in [0.3, 0.4) is 0 Å². The summed E-state index contributed by atoms with van der Waals surface area (Å²) in [4.78, 5) is 42.4. The van der Waals surface area contributed by atoms with Gasteiger partial charge >= 0.3 is 6.03 Å². The van der Waals surface area contributed by atoms with E-state index in [0.717, 1.165) is 5.69 Å². The van der Waals surface area contributed by atoms with Gasteiger partial charge in [-0.05, 0) is 24.3 Å². The van der Waals surface area contributed by atoms with E-state index in [4.69, 9.17) is 0 Å². The molecule has 2 fully saturated rings. The van der Waals surface area contributed by atoms with Crippen molar-refractivity contribution in [1.29, 1.82) is 0 Å². The lowest BCUT2D eigenvalue weighted by molar-refractivity contribution is -0.137. The third-order valence-electron chi connectivity index (χ3n) is 5.52. The molecule has 2 aromatic rings. The fraction of sp³-hybridized carbons (Fsp3) is 0.318. The van der Waals surface area contributed by atoms with E-state index in [9.17, 15) is 18.8 Å². The number of rotatable bonds is 3. The highest BCUT2D eigenvalue weighted by Crippen LogP contribution is 2.28. The van der Waals surface area contributed by atoms with Crippen LogP contribution in [0.5, 0.6) is 0 Å². The summed E-state index contributed by atoms with van der Waals surface area (Å²) in [6, 6.07) is 15.1. The first kappa shape index (κ1) is 19.9. The van der Waals surface area contributed by atoms with Crippen LogP contribution in [0, 0.1) is 11.7 Å². The van der Waals surface area contributed by atoms with Crippen LogP contribution in [0.15, 0.2) is 54.6 Å². The number of nitrogens with one attached hydrogen (secondary N) is 1. The van der Waals surface area contributed by atoms with Crippen LogP contribution < -0.4 is 10.2 Å². The summed E-state index contributed by atoms with van der Waals surface area (Å²) in [6.45, 7) is 1.83. The van der Waals surface area contributed by atoms with Gasteiger partial charge in [0.15, 0.2) is 0 Å². The number of carbonyl (C=O) groups excluding carboxylic acids is 3. The first-order chi connectivity index (χ1) is 14.5. The molecule has 1 atom stereocenters. The van der Waals surface area contributed by atoms with E-state index < -0.39 is 11.7 Å². The Morgan fingerprint density at radius 1 is 0.900 bits per heavy atom. The van der Waals surface area contributed by atoms with Crippen molar-refractivity contribution in [1.82, 2.24) is 9.80 Å². The number of amides is 4. The van der Waals surface area contributed by atoms with Crippen LogP contribution in [0.2, 0.25) is 0 Å². The number of carbonyl (C=O) groups is 3. The van der Waals surface area contributed by atoms with Crippen LogP contribution >= 0.6 is 0 Å². The molecule has 0 aromatic heterocycles. The lowest BCUT2D eigenvalue weighted by Gasteiger charge is -2.35. The van der Waals surface area contributed by atoms with Crippen LogP contribution in [0.25, 0.3) is 0 Å². The predicted octanol–water partition coefficient (Wildman–Crippen LogP) is 2.55. The Morgan fingerprint density at radius 2 is 1.53 bits per heavy atom. The molecule has 2 saturated heterocycles. The zero-order valence-electron chi connectivity index (χ0n) is 16.5. The van der Waals surface area contributed by atoms with Crippen LogP contribution in [0.1, 0.15) is 6.42 Å². The molecule has 0 spiro atoms. The molecule has 1 N–H and O–H groups in total. The maximum absolute atomic E-state index is 14.0. The van der Waals surface area contributed by atoms with Crippen LogP contribution in [0.4, 0.5) is 20.6 Å². The van der Waals surface area contributed by atoms with Crippen LogP contribution in [-0.2, 0) is 9.59 Å². The fourth-order valence-corrected chi connectivity index (χ4v) is 3.89. The first-order valence-corrected chi connectivity index (χ1v) is 9.97. The molecule has 0 radical (unpaired) electrons. The van der Waals surface area contributed by atoms with Crippen molar-refractivity contribution in [2.75, 3.05) is 42.9 Å². The topological polar surface area (TPSA) is 73.0 Å². The van der Waals surface area contributed by atoms with Gasteiger partial charge in [0.2, 0.25) is 11.8 Å². The second-order valence-corrected chi connectivity index (χ2v) is 7.47. The van der Waals surface area contributed by atoms with Gasteiger partial charge < -0.3 is 20.0 Å². The van der Waals surface area contributed by atoms with Crippen LogP contribution in [-0.4, -0.2) is 60.4 Å². The lowest BCUT2D eigenvalue weighted by Crippen LogP contribution is -2.53. The number of hydrogen-bond acceptors (Lipinski definition) is 3. The number of hydrogen-bond donors (Lipinski definition) is 1. The summed E-state index contributed by atoms with van der Waals surface area (Å²) in [5.74, 6) is -1.34. The quantitative estimate of drug-likeness (QED) is 0.845. The van der Waals surface area contributed by atoms with E-state index in [0.29, 0.717) is 26.2 Å². The zero-order valence-corrected chi connectivity index (χ0v) is 16.5. The standard InChI is InChI=1S/C22H23FN4O3/c23-18-8-4-5-9-19(18)27-15-16(14-20(27)28)21(29)25-10-12-26(13-11-25)22(30)24-17-6-2-1-3-7-17/h1-9,16H,10-15H2,(H,24,30)/t16-/m1/s1. The molecule has 0 aliphatic carbocycles. The molecule has 2 heterocycles. The molecular weight excluding hydrogens is 387 g/mol. The molecule has 8 heteroatoms. The Morgan fingerprint density at radius 3 is 2.23 bits per heavy atom. The van der Waals surface area contributed by atoms with Crippen molar-refractivity contribution >= 4 is 29.2 Å². The Bertz CT molecular complexity index is 944. The van der Waals surface area contributed by atoms with E-state index in [1.165, 1.54) is 11.0 Å². The van der Waals surface area contributed by atoms with E-state index in [2.05, 4.69) is 5.32 Å². The molecule has 2 aliphatic rings.